The van der Waals surface area contributed by atoms with Gasteiger partial charge in [-0.1, -0.05) is 0 Å². The number of carbonyl (C=O) groups excluding carboxylic acids is 3. The predicted molar refractivity (Wildman–Crippen MR) is 80.0 cm³/mol. The van der Waals surface area contributed by atoms with Crippen LogP contribution < -0.4 is 5.73 Å². The molecule has 3 rings (SSSR count). The van der Waals surface area contributed by atoms with Crippen LogP contribution in [0.1, 0.15) is 35.2 Å². The molecule has 1 aromatic rings. The van der Waals surface area contributed by atoms with Crippen molar-refractivity contribution in [3.8, 4) is 0 Å². The maximum Gasteiger partial charge on any atom is 0.256 e. The average molecular weight is 323 g/mol. The van der Waals surface area contributed by atoms with E-state index in [1.807, 2.05) is 0 Å². The zero-order valence-corrected chi connectivity index (χ0v) is 12.8. The first-order chi connectivity index (χ1) is 10.5. The number of likely N-dealkylation sites (tertiary alicyclic amines) is 1. The minimum absolute atomic E-state index is 0.0854. The predicted octanol–water partition coefficient (Wildman–Crippen LogP) is 0.186. The summed E-state index contributed by atoms with van der Waals surface area (Å²) in [5.41, 5.74) is 7.20. The van der Waals surface area contributed by atoms with Gasteiger partial charge >= 0.3 is 0 Å². The lowest BCUT2D eigenvalue weighted by molar-refractivity contribution is -0.152. The molecule has 0 saturated carbocycles. The van der Waals surface area contributed by atoms with Crippen molar-refractivity contribution in [3.63, 3.8) is 0 Å². The number of nitrogens with two attached hydrogens (primary N) is 1. The standard InChI is InChI=1S/C14H17N3O4S/c15-12-8-6-17(13(20)9(8)7-22-12)10-2-3-11(19)16(14(10)21)4-1-5-18/h7,10,18H,1-6,15H2. The highest BCUT2D eigenvalue weighted by atomic mass is 32.1. The number of imide groups is 1. The molecule has 1 atom stereocenters. The maximum atomic E-state index is 12.5. The summed E-state index contributed by atoms with van der Waals surface area (Å²) in [5, 5.41) is 11.2. The fourth-order valence-corrected chi connectivity index (χ4v) is 3.77. The number of fused-ring (bicyclic) bond motifs is 1. The number of piperidine rings is 1. The Morgan fingerprint density at radius 1 is 1.36 bits per heavy atom. The number of aliphatic hydroxyl groups is 1. The number of amides is 3. The van der Waals surface area contributed by atoms with E-state index < -0.39 is 6.04 Å². The van der Waals surface area contributed by atoms with Gasteiger partial charge in [-0.2, -0.15) is 0 Å². The normalized spacial score (nSPS) is 21.7. The first-order valence-corrected chi connectivity index (χ1v) is 8.04. The van der Waals surface area contributed by atoms with E-state index in [1.54, 1.807) is 5.38 Å². The number of anilines is 1. The molecule has 1 aromatic heterocycles. The third kappa shape index (κ3) is 2.28. The SMILES string of the molecule is Nc1scc2c1CN(C1CCC(=O)N(CCCO)C1=O)C2=O. The summed E-state index contributed by atoms with van der Waals surface area (Å²) in [4.78, 5) is 39.5. The molecule has 2 aliphatic heterocycles. The quantitative estimate of drug-likeness (QED) is 0.770. The number of aliphatic hydroxyl groups excluding tert-OH is 1. The lowest BCUT2D eigenvalue weighted by Gasteiger charge is -2.35. The number of hydrogen-bond donors (Lipinski definition) is 2. The molecule has 8 heteroatoms. The Morgan fingerprint density at radius 2 is 2.14 bits per heavy atom. The molecule has 0 spiro atoms. The molecule has 0 aromatic carbocycles. The van der Waals surface area contributed by atoms with E-state index in [2.05, 4.69) is 0 Å². The summed E-state index contributed by atoms with van der Waals surface area (Å²) >= 11 is 1.33. The second-order valence-corrected chi connectivity index (χ2v) is 6.35. The van der Waals surface area contributed by atoms with Gasteiger partial charge in [-0.15, -0.1) is 11.3 Å². The van der Waals surface area contributed by atoms with Crippen LogP contribution in [0.4, 0.5) is 5.00 Å². The highest BCUT2D eigenvalue weighted by molar-refractivity contribution is 7.14. The first kappa shape index (κ1) is 15.0. The van der Waals surface area contributed by atoms with E-state index in [9.17, 15) is 14.4 Å². The van der Waals surface area contributed by atoms with E-state index >= 15 is 0 Å². The molecule has 1 fully saturated rings. The summed E-state index contributed by atoms with van der Waals surface area (Å²) in [6, 6.07) is -0.624. The second kappa shape index (κ2) is 5.69. The molecule has 1 saturated heterocycles. The Labute approximate surface area is 131 Å². The van der Waals surface area contributed by atoms with Gasteiger partial charge in [-0.05, 0) is 12.8 Å². The van der Waals surface area contributed by atoms with Crippen molar-refractivity contribution < 1.29 is 19.5 Å². The van der Waals surface area contributed by atoms with Gasteiger partial charge in [0, 0.05) is 30.5 Å². The lowest BCUT2D eigenvalue weighted by Crippen LogP contribution is -2.54. The van der Waals surface area contributed by atoms with Gasteiger partial charge < -0.3 is 15.7 Å². The van der Waals surface area contributed by atoms with Gasteiger partial charge in [0.25, 0.3) is 11.8 Å². The Bertz CT molecular complexity index is 642. The van der Waals surface area contributed by atoms with Crippen molar-refractivity contribution >= 4 is 34.1 Å². The Morgan fingerprint density at radius 3 is 2.82 bits per heavy atom. The van der Waals surface area contributed by atoms with Crippen molar-refractivity contribution in [3.05, 3.63) is 16.5 Å². The largest absolute Gasteiger partial charge is 0.396 e. The molecule has 7 nitrogen and oxygen atoms in total. The second-order valence-electron chi connectivity index (χ2n) is 5.44. The van der Waals surface area contributed by atoms with E-state index in [0.29, 0.717) is 30.0 Å². The fourth-order valence-electron chi connectivity index (χ4n) is 2.96. The Balaban J connectivity index is 1.79. The third-order valence-corrected chi connectivity index (χ3v) is 5.00. The molecule has 22 heavy (non-hydrogen) atoms. The molecule has 0 aliphatic carbocycles. The van der Waals surface area contributed by atoms with Crippen molar-refractivity contribution in [1.82, 2.24) is 9.80 Å². The van der Waals surface area contributed by atoms with Crippen molar-refractivity contribution in [2.45, 2.75) is 31.8 Å². The summed E-state index contributed by atoms with van der Waals surface area (Å²) in [5.74, 6) is -0.793. The Hall–Kier alpha value is -1.93. The highest BCUT2D eigenvalue weighted by Gasteiger charge is 2.43. The van der Waals surface area contributed by atoms with Crippen LogP contribution in [0, 0.1) is 0 Å². The van der Waals surface area contributed by atoms with Crippen molar-refractivity contribution in [1.29, 1.82) is 0 Å². The summed E-state index contributed by atoms with van der Waals surface area (Å²) < 4.78 is 0. The topological polar surface area (TPSA) is 104 Å². The van der Waals surface area contributed by atoms with E-state index in [4.69, 9.17) is 10.8 Å². The zero-order chi connectivity index (χ0) is 15.9. The summed E-state index contributed by atoms with van der Waals surface area (Å²) in [6.07, 6.45) is 0.915. The maximum absolute atomic E-state index is 12.5. The average Bonchev–Trinajstić information content (AvgIpc) is 3.01. The van der Waals surface area contributed by atoms with Crippen LogP contribution in [-0.4, -0.2) is 51.8 Å². The van der Waals surface area contributed by atoms with Gasteiger partial charge in [0.1, 0.15) is 6.04 Å². The molecule has 0 radical (unpaired) electrons. The first-order valence-electron chi connectivity index (χ1n) is 7.16. The summed E-state index contributed by atoms with van der Waals surface area (Å²) in [7, 11) is 0. The molecule has 3 N–H and O–H groups in total. The minimum atomic E-state index is -0.624. The van der Waals surface area contributed by atoms with Gasteiger partial charge in [0.05, 0.1) is 17.1 Å². The van der Waals surface area contributed by atoms with Crippen LogP contribution in [0.2, 0.25) is 0 Å². The fraction of sp³-hybridized carbons (Fsp3) is 0.500. The van der Waals surface area contributed by atoms with Crippen molar-refractivity contribution in [2.75, 3.05) is 18.9 Å². The van der Waals surface area contributed by atoms with Crippen LogP contribution in [0.15, 0.2) is 5.38 Å². The van der Waals surface area contributed by atoms with Gasteiger partial charge in [-0.25, -0.2) is 0 Å². The van der Waals surface area contributed by atoms with E-state index in [1.165, 1.54) is 16.2 Å². The number of thiophene rings is 1. The molecule has 2 aliphatic rings. The van der Waals surface area contributed by atoms with Gasteiger partial charge in [0.2, 0.25) is 5.91 Å². The monoisotopic (exact) mass is 323 g/mol. The van der Waals surface area contributed by atoms with Crippen LogP contribution in [0.3, 0.4) is 0 Å². The van der Waals surface area contributed by atoms with E-state index in [0.717, 1.165) is 10.5 Å². The molecular weight excluding hydrogens is 306 g/mol. The highest BCUT2D eigenvalue weighted by Crippen LogP contribution is 2.35. The number of nitrogens with zero attached hydrogens (tertiary/aromatic N) is 2. The number of hydrogen-bond acceptors (Lipinski definition) is 6. The van der Waals surface area contributed by atoms with Gasteiger partial charge in [-0.3, -0.25) is 19.3 Å². The van der Waals surface area contributed by atoms with E-state index in [-0.39, 0.29) is 37.3 Å². The molecule has 0 bridgehead atoms. The molecular formula is C14H17N3O4S. The molecule has 118 valence electrons. The minimum Gasteiger partial charge on any atom is -0.396 e. The molecule has 1 unspecified atom stereocenters. The summed E-state index contributed by atoms with van der Waals surface area (Å²) in [6.45, 7) is 0.427. The lowest BCUT2D eigenvalue weighted by atomic mass is 10.0. The third-order valence-electron chi connectivity index (χ3n) is 4.15. The van der Waals surface area contributed by atoms with Crippen molar-refractivity contribution in [2.24, 2.45) is 0 Å². The van der Waals surface area contributed by atoms with Crippen LogP contribution in [0.5, 0.6) is 0 Å². The number of nitrogen functional groups attached to an aromatic ring is 1. The number of carbonyl (C=O) groups is 3. The number of rotatable bonds is 4. The molecule has 3 amide bonds. The van der Waals surface area contributed by atoms with Crippen LogP contribution >= 0.6 is 11.3 Å². The smallest absolute Gasteiger partial charge is 0.256 e. The Kier molecular flexibility index (Phi) is 3.88. The molecule has 3 heterocycles. The van der Waals surface area contributed by atoms with Gasteiger partial charge in [0.15, 0.2) is 0 Å². The van der Waals surface area contributed by atoms with Crippen LogP contribution in [0.25, 0.3) is 0 Å². The zero-order valence-electron chi connectivity index (χ0n) is 11.9. The van der Waals surface area contributed by atoms with Crippen LogP contribution in [-0.2, 0) is 16.1 Å².